The smallest absolute Gasteiger partial charge is 0.0209 e. The molecule has 0 radical (unpaired) electrons. The summed E-state index contributed by atoms with van der Waals surface area (Å²) in [5.74, 6) is 0. The van der Waals surface area contributed by atoms with Gasteiger partial charge in [-0.1, -0.05) is 13.3 Å². The summed E-state index contributed by atoms with van der Waals surface area (Å²) in [6, 6.07) is 1.51. The Bertz CT molecular complexity index is 115. The first kappa shape index (κ1) is 10.0. The largest absolute Gasteiger partial charge is 0.313 e. The summed E-state index contributed by atoms with van der Waals surface area (Å²) in [7, 11) is 2.21. The molecule has 0 bridgehead atoms. The lowest BCUT2D eigenvalue weighted by Crippen LogP contribution is -2.32. The van der Waals surface area contributed by atoms with E-state index in [1.807, 2.05) is 0 Å². The second-order valence-electron chi connectivity index (χ2n) is 4.03. The molecule has 0 spiro atoms. The molecule has 0 aromatic carbocycles. The van der Waals surface area contributed by atoms with Gasteiger partial charge in [-0.3, -0.25) is 0 Å². The maximum Gasteiger partial charge on any atom is 0.0209 e. The molecule has 2 nitrogen and oxygen atoms in total. The number of hydrogen-bond acceptors (Lipinski definition) is 2. The molecular weight excluding hydrogens is 148 g/mol. The highest BCUT2D eigenvalue weighted by atomic mass is 15.2. The Balaban J connectivity index is 2.10. The van der Waals surface area contributed by atoms with Crippen molar-refractivity contribution < 1.29 is 0 Å². The van der Waals surface area contributed by atoms with Crippen LogP contribution in [0.3, 0.4) is 0 Å². The van der Waals surface area contributed by atoms with E-state index in [2.05, 4.69) is 31.1 Å². The normalized spacial score (nSPS) is 31.2. The Hall–Kier alpha value is -0.0800. The molecule has 0 aromatic heterocycles. The molecule has 1 fully saturated rings. The highest BCUT2D eigenvalue weighted by molar-refractivity contribution is 4.84. The maximum absolute atomic E-state index is 3.60. The van der Waals surface area contributed by atoms with Crippen LogP contribution in [0.4, 0.5) is 0 Å². The van der Waals surface area contributed by atoms with Crippen LogP contribution in [0.25, 0.3) is 0 Å². The molecular formula is C10H22N2. The summed E-state index contributed by atoms with van der Waals surface area (Å²) in [5.41, 5.74) is 0. The van der Waals surface area contributed by atoms with E-state index in [-0.39, 0.29) is 0 Å². The fourth-order valence-corrected chi connectivity index (χ4v) is 1.82. The third kappa shape index (κ3) is 2.76. The minimum atomic E-state index is 0.747. The van der Waals surface area contributed by atoms with Gasteiger partial charge in [-0.05, 0) is 33.4 Å². The molecule has 1 N–H and O–H groups in total. The number of likely N-dealkylation sites (tertiary alicyclic amines) is 1. The third-order valence-corrected chi connectivity index (χ3v) is 2.85. The van der Waals surface area contributed by atoms with Gasteiger partial charge in [0.2, 0.25) is 0 Å². The quantitative estimate of drug-likeness (QED) is 0.643. The highest BCUT2D eigenvalue weighted by Crippen LogP contribution is 2.14. The molecule has 72 valence electrons. The van der Waals surface area contributed by atoms with Crippen molar-refractivity contribution in [2.75, 3.05) is 20.1 Å². The van der Waals surface area contributed by atoms with E-state index in [1.165, 1.54) is 32.4 Å². The zero-order valence-electron chi connectivity index (χ0n) is 8.64. The summed E-state index contributed by atoms with van der Waals surface area (Å²) in [6.45, 7) is 6.97. The van der Waals surface area contributed by atoms with Gasteiger partial charge in [-0.25, -0.2) is 0 Å². The molecule has 1 heterocycles. The molecule has 12 heavy (non-hydrogen) atoms. The lowest BCUT2D eigenvalue weighted by Gasteiger charge is -2.13. The zero-order valence-corrected chi connectivity index (χ0v) is 8.64. The van der Waals surface area contributed by atoms with Crippen LogP contribution in [0.2, 0.25) is 0 Å². The summed E-state index contributed by atoms with van der Waals surface area (Å²) >= 11 is 0. The second kappa shape index (κ2) is 4.83. The lowest BCUT2D eigenvalue weighted by atomic mass is 10.2. The van der Waals surface area contributed by atoms with Gasteiger partial charge in [0.15, 0.2) is 0 Å². The predicted molar refractivity (Wildman–Crippen MR) is 53.4 cm³/mol. The van der Waals surface area contributed by atoms with Crippen molar-refractivity contribution in [1.82, 2.24) is 10.2 Å². The molecule has 0 aliphatic carbocycles. The summed E-state index contributed by atoms with van der Waals surface area (Å²) in [5, 5.41) is 3.60. The number of unbranched alkanes of at least 4 members (excludes halogenated alkanes) is 1. The number of rotatable bonds is 4. The maximum atomic E-state index is 3.60. The monoisotopic (exact) mass is 170 g/mol. The van der Waals surface area contributed by atoms with Gasteiger partial charge in [-0.2, -0.15) is 0 Å². The van der Waals surface area contributed by atoms with Crippen molar-refractivity contribution >= 4 is 0 Å². The average Bonchev–Trinajstić information content (AvgIpc) is 2.32. The van der Waals surface area contributed by atoms with Gasteiger partial charge in [0.25, 0.3) is 0 Å². The van der Waals surface area contributed by atoms with Crippen LogP contribution in [-0.2, 0) is 0 Å². The summed E-state index contributed by atoms with van der Waals surface area (Å²) < 4.78 is 0. The fourth-order valence-electron chi connectivity index (χ4n) is 1.82. The van der Waals surface area contributed by atoms with Crippen molar-refractivity contribution in [2.24, 2.45) is 0 Å². The first-order valence-corrected chi connectivity index (χ1v) is 5.17. The van der Waals surface area contributed by atoms with E-state index >= 15 is 0 Å². The third-order valence-electron chi connectivity index (χ3n) is 2.85. The summed E-state index contributed by atoms with van der Waals surface area (Å²) in [6.07, 6.45) is 3.93. The van der Waals surface area contributed by atoms with Gasteiger partial charge in [0, 0.05) is 18.6 Å². The van der Waals surface area contributed by atoms with Gasteiger partial charge < -0.3 is 10.2 Å². The molecule has 0 amide bonds. The highest BCUT2D eigenvalue weighted by Gasteiger charge is 2.24. The Morgan fingerprint density at radius 3 is 2.75 bits per heavy atom. The van der Waals surface area contributed by atoms with E-state index in [0.29, 0.717) is 0 Å². The molecule has 2 heteroatoms. The minimum Gasteiger partial charge on any atom is -0.313 e. The molecule has 2 unspecified atom stereocenters. The Morgan fingerprint density at radius 2 is 2.25 bits per heavy atom. The first-order chi connectivity index (χ1) is 5.74. The molecule has 1 aliphatic rings. The van der Waals surface area contributed by atoms with Crippen molar-refractivity contribution in [2.45, 2.75) is 45.2 Å². The Morgan fingerprint density at radius 1 is 1.50 bits per heavy atom. The fraction of sp³-hybridized carbons (Fsp3) is 1.00. The van der Waals surface area contributed by atoms with E-state index in [0.717, 1.165) is 12.1 Å². The topological polar surface area (TPSA) is 15.3 Å². The Kier molecular flexibility index (Phi) is 4.02. The second-order valence-corrected chi connectivity index (χ2v) is 4.03. The van der Waals surface area contributed by atoms with Crippen molar-refractivity contribution in [3.05, 3.63) is 0 Å². The number of likely N-dealkylation sites (N-methyl/N-ethyl adjacent to an activating group) is 1. The van der Waals surface area contributed by atoms with E-state index in [1.54, 1.807) is 0 Å². The van der Waals surface area contributed by atoms with Gasteiger partial charge in [0.1, 0.15) is 0 Å². The first-order valence-electron chi connectivity index (χ1n) is 5.17. The van der Waals surface area contributed by atoms with Gasteiger partial charge in [0.05, 0.1) is 0 Å². The number of hydrogen-bond donors (Lipinski definition) is 1. The SMILES string of the molecule is CCCCNC1CC(C)N(C)C1. The van der Waals surface area contributed by atoms with Crippen LogP contribution >= 0.6 is 0 Å². The van der Waals surface area contributed by atoms with Crippen LogP contribution in [0.5, 0.6) is 0 Å². The van der Waals surface area contributed by atoms with Crippen LogP contribution in [-0.4, -0.2) is 37.1 Å². The van der Waals surface area contributed by atoms with E-state index < -0.39 is 0 Å². The van der Waals surface area contributed by atoms with Gasteiger partial charge in [-0.15, -0.1) is 0 Å². The molecule has 1 rings (SSSR count). The predicted octanol–water partition coefficient (Wildman–Crippen LogP) is 1.47. The van der Waals surface area contributed by atoms with Crippen LogP contribution in [0, 0.1) is 0 Å². The summed E-state index contributed by atoms with van der Waals surface area (Å²) in [4.78, 5) is 2.43. The van der Waals surface area contributed by atoms with Crippen LogP contribution in [0.1, 0.15) is 33.1 Å². The average molecular weight is 170 g/mol. The van der Waals surface area contributed by atoms with E-state index in [4.69, 9.17) is 0 Å². The molecule has 1 aliphatic heterocycles. The molecule has 0 saturated carbocycles. The Labute approximate surface area is 76.3 Å². The standard InChI is InChI=1S/C10H22N2/c1-4-5-6-11-10-7-9(2)12(3)8-10/h9-11H,4-8H2,1-3H3. The van der Waals surface area contributed by atoms with Crippen molar-refractivity contribution in [3.63, 3.8) is 0 Å². The molecule has 1 saturated heterocycles. The van der Waals surface area contributed by atoms with Gasteiger partial charge >= 0.3 is 0 Å². The zero-order chi connectivity index (χ0) is 8.97. The minimum absolute atomic E-state index is 0.747. The van der Waals surface area contributed by atoms with Crippen molar-refractivity contribution in [3.8, 4) is 0 Å². The number of nitrogens with one attached hydrogen (secondary N) is 1. The van der Waals surface area contributed by atoms with Crippen LogP contribution < -0.4 is 5.32 Å². The van der Waals surface area contributed by atoms with E-state index in [9.17, 15) is 0 Å². The number of nitrogens with zero attached hydrogens (tertiary/aromatic N) is 1. The molecule has 0 aromatic rings. The van der Waals surface area contributed by atoms with Crippen LogP contribution in [0.15, 0.2) is 0 Å². The molecule has 2 atom stereocenters. The van der Waals surface area contributed by atoms with Crippen molar-refractivity contribution in [1.29, 1.82) is 0 Å². The lowest BCUT2D eigenvalue weighted by molar-refractivity contribution is 0.326.